The Morgan fingerprint density at radius 1 is 1.12 bits per heavy atom. The van der Waals surface area contributed by atoms with E-state index in [0.29, 0.717) is 13.2 Å². The quantitative estimate of drug-likeness (QED) is 0.853. The molecule has 5 heteroatoms. The first-order chi connectivity index (χ1) is 11.7. The molecule has 3 rings (SSSR count). The number of imidazole rings is 1. The van der Waals surface area contributed by atoms with Crippen molar-refractivity contribution < 1.29 is 9.47 Å². The lowest BCUT2D eigenvalue weighted by molar-refractivity contribution is 0.286. The largest absolute Gasteiger partial charge is 0.490 e. The predicted octanol–water partition coefficient (Wildman–Crippen LogP) is 3.31. The molecule has 130 valence electrons. The van der Waals surface area contributed by atoms with Crippen LogP contribution in [-0.2, 0) is 12.8 Å². The van der Waals surface area contributed by atoms with Crippen LogP contribution in [0.3, 0.4) is 0 Å². The van der Waals surface area contributed by atoms with Crippen LogP contribution in [0.5, 0.6) is 11.5 Å². The fraction of sp³-hybridized carbons (Fsp3) is 0.526. The van der Waals surface area contributed by atoms with Gasteiger partial charge in [-0.2, -0.15) is 0 Å². The maximum absolute atomic E-state index is 5.82. The van der Waals surface area contributed by atoms with E-state index in [1.54, 1.807) is 0 Å². The van der Waals surface area contributed by atoms with E-state index >= 15 is 0 Å². The van der Waals surface area contributed by atoms with Gasteiger partial charge in [0.2, 0.25) is 0 Å². The molecular weight excluding hydrogens is 302 g/mol. The zero-order chi connectivity index (χ0) is 17.1. The number of aromatic nitrogens is 2. The number of fused-ring (bicyclic) bond motifs is 1. The van der Waals surface area contributed by atoms with Gasteiger partial charge in [0.05, 0.1) is 30.6 Å². The molecule has 1 aliphatic rings. The van der Waals surface area contributed by atoms with Crippen LogP contribution in [0.1, 0.15) is 55.2 Å². The summed E-state index contributed by atoms with van der Waals surface area (Å²) in [4.78, 5) is 8.12. The van der Waals surface area contributed by atoms with Gasteiger partial charge in [0.15, 0.2) is 11.5 Å². The maximum Gasteiger partial charge on any atom is 0.161 e. The molecule has 1 aromatic carbocycles. The van der Waals surface area contributed by atoms with Crippen molar-refractivity contribution in [2.24, 2.45) is 0 Å². The van der Waals surface area contributed by atoms with E-state index in [1.165, 1.54) is 11.1 Å². The summed E-state index contributed by atoms with van der Waals surface area (Å²) < 4.78 is 11.6. The highest BCUT2D eigenvalue weighted by Crippen LogP contribution is 2.38. The third kappa shape index (κ3) is 3.13. The number of hydrogen-bond donors (Lipinski definition) is 2. The average Bonchev–Trinajstić information content (AvgIpc) is 2.96. The normalized spacial score (nSPS) is 16.8. The molecule has 1 aliphatic heterocycles. The van der Waals surface area contributed by atoms with Crippen molar-refractivity contribution in [2.75, 3.05) is 19.8 Å². The van der Waals surface area contributed by atoms with E-state index in [4.69, 9.17) is 9.47 Å². The zero-order valence-electron chi connectivity index (χ0n) is 15.0. The molecule has 0 saturated carbocycles. The fourth-order valence-electron chi connectivity index (χ4n) is 3.34. The Labute approximate surface area is 143 Å². The maximum atomic E-state index is 5.82. The Bertz CT molecular complexity index is 709. The van der Waals surface area contributed by atoms with E-state index in [9.17, 15) is 0 Å². The second-order valence-electron chi connectivity index (χ2n) is 6.04. The van der Waals surface area contributed by atoms with Gasteiger partial charge in [-0.3, -0.25) is 0 Å². The van der Waals surface area contributed by atoms with Crippen molar-refractivity contribution in [3.05, 3.63) is 40.5 Å². The molecule has 5 nitrogen and oxygen atoms in total. The van der Waals surface area contributed by atoms with Crippen LogP contribution in [0.4, 0.5) is 0 Å². The smallest absolute Gasteiger partial charge is 0.161 e. The molecule has 2 N–H and O–H groups in total. The van der Waals surface area contributed by atoms with Crippen LogP contribution in [-0.4, -0.2) is 29.7 Å². The van der Waals surface area contributed by atoms with E-state index < -0.39 is 0 Å². The van der Waals surface area contributed by atoms with Gasteiger partial charge >= 0.3 is 0 Å². The van der Waals surface area contributed by atoms with Crippen molar-refractivity contribution in [3.63, 3.8) is 0 Å². The molecule has 2 aromatic rings. The molecule has 1 atom stereocenters. The lowest BCUT2D eigenvalue weighted by atomic mass is 9.91. The van der Waals surface area contributed by atoms with E-state index in [0.717, 1.165) is 48.1 Å². The van der Waals surface area contributed by atoms with Gasteiger partial charge in [0, 0.05) is 13.0 Å². The Balaban J connectivity index is 2.05. The van der Waals surface area contributed by atoms with Crippen molar-refractivity contribution in [2.45, 2.75) is 46.6 Å². The molecular formula is C19H27N3O2. The Hall–Kier alpha value is -2.01. The highest BCUT2D eigenvalue weighted by molar-refractivity contribution is 5.51. The molecule has 1 aromatic heterocycles. The van der Waals surface area contributed by atoms with Gasteiger partial charge in [0.1, 0.15) is 5.82 Å². The molecule has 24 heavy (non-hydrogen) atoms. The van der Waals surface area contributed by atoms with Gasteiger partial charge in [0.25, 0.3) is 0 Å². The van der Waals surface area contributed by atoms with Gasteiger partial charge in [-0.25, -0.2) is 4.98 Å². The zero-order valence-corrected chi connectivity index (χ0v) is 15.0. The van der Waals surface area contributed by atoms with E-state index in [1.807, 2.05) is 13.8 Å². The second kappa shape index (κ2) is 7.26. The molecule has 0 radical (unpaired) electrons. The van der Waals surface area contributed by atoms with Crippen LogP contribution in [0, 0.1) is 6.92 Å². The van der Waals surface area contributed by atoms with Gasteiger partial charge in [-0.15, -0.1) is 0 Å². The summed E-state index contributed by atoms with van der Waals surface area (Å²) in [7, 11) is 0. The third-order valence-corrected chi connectivity index (χ3v) is 4.45. The summed E-state index contributed by atoms with van der Waals surface area (Å²) in [5.74, 6) is 2.70. The highest BCUT2D eigenvalue weighted by Gasteiger charge is 2.27. The third-order valence-electron chi connectivity index (χ3n) is 4.45. The minimum Gasteiger partial charge on any atom is -0.490 e. The monoisotopic (exact) mass is 329 g/mol. The van der Waals surface area contributed by atoms with Gasteiger partial charge < -0.3 is 19.8 Å². The Kier molecular flexibility index (Phi) is 5.09. The molecule has 0 spiro atoms. The van der Waals surface area contributed by atoms with E-state index in [2.05, 4.69) is 41.3 Å². The van der Waals surface area contributed by atoms with Crippen LogP contribution >= 0.6 is 0 Å². The first-order valence-electron chi connectivity index (χ1n) is 8.89. The van der Waals surface area contributed by atoms with Gasteiger partial charge in [-0.05, 0) is 50.5 Å². The highest BCUT2D eigenvalue weighted by atomic mass is 16.5. The minimum absolute atomic E-state index is 0.122. The molecule has 0 amide bonds. The summed E-state index contributed by atoms with van der Waals surface area (Å²) >= 11 is 0. The first-order valence-corrected chi connectivity index (χ1v) is 8.89. The number of H-pyrrole nitrogens is 1. The van der Waals surface area contributed by atoms with Crippen LogP contribution in [0.15, 0.2) is 12.1 Å². The van der Waals surface area contributed by atoms with Gasteiger partial charge in [-0.1, -0.05) is 6.92 Å². The van der Waals surface area contributed by atoms with Crippen molar-refractivity contribution >= 4 is 0 Å². The summed E-state index contributed by atoms with van der Waals surface area (Å²) in [6, 6.07) is 4.40. The van der Waals surface area contributed by atoms with Crippen molar-refractivity contribution in [1.29, 1.82) is 0 Å². The Morgan fingerprint density at radius 3 is 2.46 bits per heavy atom. The number of benzene rings is 1. The number of aryl methyl sites for hydroxylation is 2. The fourth-order valence-corrected chi connectivity index (χ4v) is 3.34. The lowest BCUT2D eigenvalue weighted by Gasteiger charge is -2.28. The number of aromatic amines is 1. The summed E-state index contributed by atoms with van der Waals surface area (Å²) in [6.07, 6.45) is 1.90. The molecule has 2 heterocycles. The minimum atomic E-state index is 0.122. The molecule has 0 unspecified atom stereocenters. The SMILES string of the molecule is CCOc1cc2c(cc1OCC)[C@H](c1[nH]c(CC)nc1C)NCC2. The standard InChI is InChI=1S/C19H27N3O2/c1-5-17-21-12(4)18(22-17)19-14-11-16(24-7-3)15(23-6-2)10-13(14)8-9-20-19/h10-11,19-20H,5-9H2,1-4H3,(H,21,22)/t19-/m1/s1. The second-order valence-corrected chi connectivity index (χ2v) is 6.04. The molecule has 0 aliphatic carbocycles. The van der Waals surface area contributed by atoms with E-state index in [-0.39, 0.29) is 6.04 Å². The summed E-state index contributed by atoms with van der Waals surface area (Å²) in [6.45, 7) is 10.4. The summed E-state index contributed by atoms with van der Waals surface area (Å²) in [5, 5.41) is 3.62. The molecule has 0 fully saturated rings. The number of ether oxygens (including phenoxy) is 2. The number of hydrogen-bond acceptors (Lipinski definition) is 4. The molecule has 0 saturated heterocycles. The lowest BCUT2D eigenvalue weighted by Crippen LogP contribution is -2.31. The van der Waals surface area contributed by atoms with Crippen LogP contribution in [0.2, 0.25) is 0 Å². The average molecular weight is 329 g/mol. The topological polar surface area (TPSA) is 59.2 Å². The Morgan fingerprint density at radius 2 is 1.83 bits per heavy atom. The molecule has 0 bridgehead atoms. The number of nitrogens with zero attached hydrogens (tertiary/aromatic N) is 1. The number of rotatable bonds is 6. The summed E-state index contributed by atoms with van der Waals surface area (Å²) in [5.41, 5.74) is 4.78. The van der Waals surface area contributed by atoms with Crippen molar-refractivity contribution in [3.8, 4) is 11.5 Å². The van der Waals surface area contributed by atoms with Crippen LogP contribution < -0.4 is 14.8 Å². The van der Waals surface area contributed by atoms with Crippen molar-refractivity contribution in [1.82, 2.24) is 15.3 Å². The predicted molar refractivity (Wildman–Crippen MR) is 95.0 cm³/mol. The first kappa shape index (κ1) is 16.8. The number of nitrogens with one attached hydrogen (secondary N) is 2. The van der Waals surface area contributed by atoms with Crippen LogP contribution in [0.25, 0.3) is 0 Å².